The quantitative estimate of drug-likeness (QED) is 0.870. The highest BCUT2D eigenvalue weighted by atomic mass is 16.4. The van der Waals surface area contributed by atoms with E-state index in [4.69, 9.17) is 0 Å². The van der Waals surface area contributed by atoms with Gasteiger partial charge in [-0.2, -0.15) is 0 Å². The summed E-state index contributed by atoms with van der Waals surface area (Å²) < 4.78 is 1.03. The van der Waals surface area contributed by atoms with E-state index < -0.39 is 17.2 Å². The van der Waals surface area contributed by atoms with Crippen molar-refractivity contribution in [3.63, 3.8) is 0 Å². The number of benzene rings is 1. The molecule has 26 heavy (non-hydrogen) atoms. The summed E-state index contributed by atoms with van der Waals surface area (Å²) in [4.78, 5) is 41.6. The number of nitrogens with zero attached hydrogens (tertiary/aromatic N) is 2. The van der Waals surface area contributed by atoms with Crippen LogP contribution in [-0.2, 0) is 6.54 Å². The number of aromatic amines is 1. The van der Waals surface area contributed by atoms with Crippen LogP contribution in [0.4, 0.5) is 0 Å². The first-order chi connectivity index (χ1) is 12.4. The van der Waals surface area contributed by atoms with Crippen molar-refractivity contribution in [3.05, 3.63) is 61.4 Å². The Morgan fingerprint density at radius 3 is 2.27 bits per heavy atom. The van der Waals surface area contributed by atoms with Crippen LogP contribution in [0.15, 0.2) is 27.8 Å². The molecular formula is C19H23N3O4. The van der Waals surface area contributed by atoms with E-state index in [1.165, 1.54) is 0 Å². The molecule has 1 aromatic heterocycles. The number of aryl methyl sites for hydroxylation is 2. The highest BCUT2D eigenvalue weighted by Crippen LogP contribution is 2.14. The standard InChI is InChI=1S/C19H23N3O4/c1-12-8-13(2)10-14(9-12)22-17(23)15(11-21-6-4-3-5-7-21)16(18(24)25)20-19(22)26/h8-10H,3-7,11H2,1-2H3,(H,20,26)(H,24,25). The van der Waals surface area contributed by atoms with Crippen molar-refractivity contribution in [1.29, 1.82) is 0 Å². The van der Waals surface area contributed by atoms with E-state index in [9.17, 15) is 19.5 Å². The third kappa shape index (κ3) is 3.62. The molecule has 0 unspecified atom stereocenters. The maximum atomic E-state index is 13.1. The molecule has 0 radical (unpaired) electrons. The average molecular weight is 357 g/mol. The van der Waals surface area contributed by atoms with E-state index in [0.29, 0.717) is 5.69 Å². The molecule has 1 fully saturated rings. The lowest BCUT2D eigenvalue weighted by Gasteiger charge is -2.26. The molecule has 1 saturated heterocycles. The molecule has 3 rings (SSSR count). The van der Waals surface area contributed by atoms with Crippen molar-refractivity contribution in [2.45, 2.75) is 39.7 Å². The summed E-state index contributed by atoms with van der Waals surface area (Å²) in [5, 5.41) is 9.46. The predicted molar refractivity (Wildman–Crippen MR) is 98.2 cm³/mol. The number of carboxylic acids is 1. The van der Waals surface area contributed by atoms with Gasteiger partial charge < -0.3 is 10.1 Å². The summed E-state index contributed by atoms with van der Waals surface area (Å²) in [6.07, 6.45) is 3.19. The number of aromatic carboxylic acids is 1. The summed E-state index contributed by atoms with van der Waals surface area (Å²) in [5.74, 6) is -1.29. The van der Waals surface area contributed by atoms with Crippen LogP contribution in [-0.4, -0.2) is 38.6 Å². The van der Waals surface area contributed by atoms with Gasteiger partial charge in [0.15, 0.2) is 0 Å². The van der Waals surface area contributed by atoms with Gasteiger partial charge in [0, 0.05) is 6.54 Å². The van der Waals surface area contributed by atoms with Crippen LogP contribution >= 0.6 is 0 Å². The van der Waals surface area contributed by atoms with E-state index in [-0.39, 0.29) is 17.8 Å². The summed E-state index contributed by atoms with van der Waals surface area (Å²) >= 11 is 0. The number of hydrogen-bond donors (Lipinski definition) is 2. The number of H-pyrrole nitrogens is 1. The predicted octanol–water partition coefficient (Wildman–Crippen LogP) is 1.83. The normalized spacial score (nSPS) is 15.2. The van der Waals surface area contributed by atoms with E-state index in [2.05, 4.69) is 9.88 Å². The molecule has 1 aliphatic heterocycles. The lowest BCUT2D eigenvalue weighted by atomic mass is 10.1. The van der Waals surface area contributed by atoms with Gasteiger partial charge in [-0.25, -0.2) is 14.2 Å². The number of carboxylic acid groups (broad SMARTS) is 1. The van der Waals surface area contributed by atoms with Crippen LogP contribution in [0.2, 0.25) is 0 Å². The lowest BCUT2D eigenvalue weighted by Crippen LogP contribution is -2.41. The summed E-state index contributed by atoms with van der Waals surface area (Å²) in [5.41, 5.74) is 0.800. The Morgan fingerprint density at radius 1 is 1.08 bits per heavy atom. The molecule has 1 aliphatic rings. The van der Waals surface area contributed by atoms with Gasteiger partial charge in [0.05, 0.1) is 11.3 Å². The van der Waals surface area contributed by atoms with Crippen LogP contribution in [0.5, 0.6) is 0 Å². The minimum atomic E-state index is -1.29. The molecule has 138 valence electrons. The SMILES string of the molecule is Cc1cc(C)cc(-n2c(=O)[nH]c(C(=O)O)c(CN3CCCCC3)c2=O)c1. The van der Waals surface area contributed by atoms with Crippen LogP contribution in [0.3, 0.4) is 0 Å². The van der Waals surface area contributed by atoms with Crippen LogP contribution in [0, 0.1) is 13.8 Å². The van der Waals surface area contributed by atoms with Crippen LogP contribution < -0.4 is 11.2 Å². The molecule has 0 aliphatic carbocycles. The Morgan fingerprint density at radius 2 is 1.69 bits per heavy atom. The van der Waals surface area contributed by atoms with Crippen molar-refractivity contribution in [1.82, 2.24) is 14.5 Å². The van der Waals surface area contributed by atoms with Gasteiger partial charge in [-0.15, -0.1) is 0 Å². The van der Waals surface area contributed by atoms with Crippen molar-refractivity contribution in [2.75, 3.05) is 13.1 Å². The first-order valence-corrected chi connectivity index (χ1v) is 8.79. The zero-order valence-corrected chi connectivity index (χ0v) is 15.0. The Balaban J connectivity index is 2.17. The fraction of sp³-hybridized carbons (Fsp3) is 0.421. The zero-order valence-electron chi connectivity index (χ0n) is 15.0. The Hall–Kier alpha value is -2.67. The molecule has 0 bridgehead atoms. The molecule has 2 aromatic rings. The fourth-order valence-electron chi connectivity index (χ4n) is 3.56. The van der Waals surface area contributed by atoms with Gasteiger partial charge in [-0.1, -0.05) is 12.5 Å². The largest absolute Gasteiger partial charge is 0.477 e. The number of aromatic nitrogens is 2. The van der Waals surface area contributed by atoms with Gasteiger partial charge in [0.25, 0.3) is 5.56 Å². The summed E-state index contributed by atoms with van der Waals surface area (Å²) in [6, 6.07) is 5.44. The first-order valence-electron chi connectivity index (χ1n) is 8.79. The van der Waals surface area contributed by atoms with Gasteiger partial charge in [-0.3, -0.25) is 9.69 Å². The van der Waals surface area contributed by atoms with Crippen molar-refractivity contribution in [3.8, 4) is 5.69 Å². The molecule has 0 atom stereocenters. The third-order valence-corrected chi connectivity index (χ3v) is 4.71. The fourth-order valence-corrected chi connectivity index (χ4v) is 3.56. The Kier molecular flexibility index (Phi) is 5.08. The third-order valence-electron chi connectivity index (χ3n) is 4.71. The number of likely N-dealkylation sites (tertiary alicyclic amines) is 1. The zero-order chi connectivity index (χ0) is 18.8. The molecule has 2 N–H and O–H groups in total. The van der Waals surface area contributed by atoms with E-state index in [1.54, 1.807) is 12.1 Å². The average Bonchev–Trinajstić information content (AvgIpc) is 2.57. The molecule has 0 saturated carbocycles. The molecule has 7 nitrogen and oxygen atoms in total. The minimum absolute atomic E-state index is 0.123. The maximum absolute atomic E-state index is 13.1. The first kappa shape index (κ1) is 18.1. The topological polar surface area (TPSA) is 95.4 Å². The number of piperidine rings is 1. The van der Waals surface area contributed by atoms with Crippen molar-refractivity contribution < 1.29 is 9.90 Å². The Bertz CT molecular complexity index is 932. The van der Waals surface area contributed by atoms with Crippen molar-refractivity contribution >= 4 is 5.97 Å². The highest BCUT2D eigenvalue weighted by molar-refractivity contribution is 5.86. The molecule has 7 heteroatoms. The van der Waals surface area contributed by atoms with Gasteiger partial charge in [0.1, 0.15) is 5.69 Å². The van der Waals surface area contributed by atoms with Gasteiger partial charge in [-0.05, 0) is 63.0 Å². The Labute approximate surface area is 150 Å². The number of carbonyl (C=O) groups is 1. The van der Waals surface area contributed by atoms with E-state index in [1.807, 2.05) is 19.9 Å². The van der Waals surface area contributed by atoms with E-state index in [0.717, 1.165) is 48.0 Å². The molecular weight excluding hydrogens is 334 g/mol. The van der Waals surface area contributed by atoms with Gasteiger partial charge >= 0.3 is 11.7 Å². The maximum Gasteiger partial charge on any atom is 0.352 e. The monoisotopic (exact) mass is 357 g/mol. The smallest absolute Gasteiger partial charge is 0.352 e. The number of hydrogen-bond acceptors (Lipinski definition) is 4. The highest BCUT2D eigenvalue weighted by Gasteiger charge is 2.22. The number of nitrogens with one attached hydrogen (secondary N) is 1. The number of rotatable bonds is 4. The summed E-state index contributed by atoms with van der Waals surface area (Å²) in [6.45, 7) is 5.64. The second kappa shape index (κ2) is 7.29. The molecule has 1 aromatic carbocycles. The van der Waals surface area contributed by atoms with Crippen LogP contribution in [0.1, 0.15) is 46.4 Å². The molecule has 2 heterocycles. The van der Waals surface area contributed by atoms with E-state index >= 15 is 0 Å². The second-order valence-electron chi connectivity index (χ2n) is 6.91. The van der Waals surface area contributed by atoms with Gasteiger partial charge in [0.2, 0.25) is 0 Å². The van der Waals surface area contributed by atoms with Crippen LogP contribution in [0.25, 0.3) is 5.69 Å². The second-order valence-corrected chi connectivity index (χ2v) is 6.91. The van der Waals surface area contributed by atoms with Crippen molar-refractivity contribution in [2.24, 2.45) is 0 Å². The summed E-state index contributed by atoms with van der Waals surface area (Å²) in [7, 11) is 0. The molecule has 0 amide bonds. The minimum Gasteiger partial charge on any atom is -0.477 e. The molecule has 0 spiro atoms. The lowest BCUT2D eigenvalue weighted by molar-refractivity contribution is 0.0686.